The summed E-state index contributed by atoms with van der Waals surface area (Å²) in [5.74, 6) is 5.47. The molecule has 0 atom stereocenters. The number of hydrogen-bond acceptors (Lipinski definition) is 11. The second kappa shape index (κ2) is 61.7. The maximum Gasteiger partial charge on any atom is 0.232 e. The van der Waals surface area contributed by atoms with Gasteiger partial charge in [0.2, 0.25) is 23.4 Å². The van der Waals surface area contributed by atoms with Crippen LogP contribution in [0.4, 0.5) is 23.3 Å². The fourth-order valence-corrected chi connectivity index (χ4v) is 13.1. The number of nitrogens with zero attached hydrogens (tertiary/aromatic N) is 3. The van der Waals surface area contributed by atoms with E-state index < -0.39 is 0 Å². The number of aromatic nitrogens is 3. The number of rotatable bonds is 71. The molecule has 0 spiro atoms. The van der Waals surface area contributed by atoms with Crippen LogP contribution in [0.15, 0.2) is 48.5 Å². The molecule has 0 aliphatic heterocycles. The van der Waals surface area contributed by atoms with E-state index in [1.165, 1.54) is 275 Å². The molecule has 99 heavy (non-hydrogen) atoms. The molecule has 0 amide bonds. The van der Waals surface area contributed by atoms with E-state index in [-0.39, 0.29) is 0 Å². The van der Waals surface area contributed by atoms with E-state index in [1.54, 1.807) is 0 Å². The second-order valence-corrected chi connectivity index (χ2v) is 29.1. The summed E-state index contributed by atoms with van der Waals surface area (Å²) in [5.41, 5.74) is 3.57. The van der Waals surface area contributed by atoms with Crippen LogP contribution in [0.3, 0.4) is 0 Å². The average molecular weight is 1380 g/mol. The lowest BCUT2D eigenvalue weighted by Gasteiger charge is -2.20. The van der Waals surface area contributed by atoms with Gasteiger partial charge in [-0.2, -0.15) is 15.0 Å². The Hall–Kier alpha value is -4.93. The lowest BCUT2D eigenvalue weighted by atomic mass is 10.1. The number of benzene rings is 3. The van der Waals surface area contributed by atoms with E-state index in [1.807, 2.05) is 0 Å². The number of nitrogens with one attached hydrogen (secondary N) is 2. The van der Waals surface area contributed by atoms with Crippen molar-refractivity contribution in [2.45, 2.75) is 395 Å². The lowest BCUT2D eigenvalue weighted by molar-refractivity contribution is 0.234. The molecular weight excluding hydrogens is 1220 g/mol. The molecule has 564 valence electrons. The SMILES string of the molecule is CCCCCCCCCCCOc1cc(Nc2nc(Nc3cc(OCCCCCCCCCCC)c(OCCCCCCCCCCC)c(OCCCCCCCCCCC)c3)nc(-c3ccc(C)cc3)n2)cc(OCCCCCCCCCCC)c1OCCCCCCCCCCC. The summed E-state index contributed by atoms with van der Waals surface area (Å²) in [6.07, 6.45) is 67.6. The number of ether oxygens (including phenoxy) is 6. The van der Waals surface area contributed by atoms with Crippen molar-refractivity contribution in [1.29, 1.82) is 0 Å². The van der Waals surface area contributed by atoms with Gasteiger partial charge in [0.05, 0.1) is 39.6 Å². The predicted octanol–water partition coefficient (Wildman–Crippen LogP) is 28.8. The highest BCUT2D eigenvalue weighted by Gasteiger charge is 2.21. The molecule has 0 unspecified atom stereocenters. The Morgan fingerprint density at radius 1 is 0.242 bits per heavy atom. The van der Waals surface area contributed by atoms with Crippen molar-refractivity contribution < 1.29 is 28.4 Å². The van der Waals surface area contributed by atoms with Gasteiger partial charge in [-0.25, -0.2) is 0 Å². The molecule has 3 aromatic carbocycles. The van der Waals surface area contributed by atoms with Gasteiger partial charge in [0.15, 0.2) is 28.8 Å². The van der Waals surface area contributed by atoms with Gasteiger partial charge in [-0.1, -0.05) is 380 Å². The summed E-state index contributed by atoms with van der Waals surface area (Å²) in [5, 5.41) is 7.33. The first-order valence-electron chi connectivity index (χ1n) is 42.4. The Kier molecular flexibility index (Phi) is 53.9. The molecule has 0 saturated carbocycles. The topological polar surface area (TPSA) is 118 Å². The number of anilines is 4. The van der Waals surface area contributed by atoms with Crippen LogP contribution >= 0.6 is 0 Å². The maximum atomic E-state index is 6.85. The summed E-state index contributed by atoms with van der Waals surface area (Å²) in [4.78, 5) is 15.5. The predicted molar refractivity (Wildman–Crippen MR) is 426 cm³/mol. The van der Waals surface area contributed by atoms with Crippen molar-refractivity contribution in [3.63, 3.8) is 0 Å². The molecule has 4 rings (SSSR count). The summed E-state index contributed by atoms with van der Waals surface area (Å²) >= 11 is 0. The number of unbranched alkanes of at least 4 members (excludes halogenated alkanes) is 48. The van der Waals surface area contributed by atoms with Gasteiger partial charge in [-0.15, -0.1) is 0 Å². The van der Waals surface area contributed by atoms with E-state index in [2.05, 4.69) is 108 Å². The van der Waals surface area contributed by atoms with Crippen LogP contribution < -0.4 is 39.1 Å². The Morgan fingerprint density at radius 3 is 0.667 bits per heavy atom. The molecule has 4 aromatic rings. The van der Waals surface area contributed by atoms with Crippen LogP contribution in [0.2, 0.25) is 0 Å². The van der Waals surface area contributed by atoms with E-state index >= 15 is 0 Å². The molecule has 0 bridgehead atoms. The average Bonchev–Trinajstić information content (AvgIpc) is 0.816. The normalized spacial score (nSPS) is 11.4. The minimum atomic E-state index is 0.394. The van der Waals surface area contributed by atoms with Crippen LogP contribution in [0.1, 0.15) is 394 Å². The van der Waals surface area contributed by atoms with Gasteiger partial charge in [-0.3, -0.25) is 0 Å². The van der Waals surface area contributed by atoms with Gasteiger partial charge >= 0.3 is 0 Å². The van der Waals surface area contributed by atoms with Crippen LogP contribution in [-0.2, 0) is 0 Å². The van der Waals surface area contributed by atoms with Crippen LogP contribution in [0, 0.1) is 6.92 Å². The fraction of sp³-hybridized carbons (Fsp3) is 0.761. The van der Waals surface area contributed by atoms with Crippen molar-refractivity contribution in [3.05, 3.63) is 54.1 Å². The Bertz CT molecular complexity index is 2260. The van der Waals surface area contributed by atoms with Gasteiger partial charge in [0.1, 0.15) is 0 Å². The molecule has 0 aliphatic rings. The lowest BCUT2D eigenvalue weighted by Crippen LogP contribution is -2.09. The highest BCUT2D eigenvalue weighted by atomic mass is 16.5. The number of aryl methyl sites for hydroxylation is 1. The van der Waals surface area contributed by atoms with E-state index in [9.17, 15) is 0 Å². The van der Waals surface area contributed by atoms with Crippen molar-refractivity contribution in [2.75, 3.05) is 50.3 Å². The zero-order valence-electron chi connectivity index (χ0n) is 65.3. The fourth-order valence-electron chi connectivity index (χ4n) is 13.1. The highest BCUT2D eigenvalue weighted by Crippen LogP contribution is 2.44. The smallest absolute Gasteiger partial charge is 0.232 e. The second-order valence-electron chi connectivity index (χ2n) is 29.1. The minimum absolute atomic E-state index is 0.394. The minimum Gasteiger partial charge on any atom is -0.489 e. The summed E-state index contributed by atoms with van der Waals surface area (Å²) in [6.45, 7) is 19.5. The van der Waals surface area contributed by atoms with E-state index in [4.69, 9.17) is 43.4 Å². The zero-order chi connectivity index (χ0) is 70.4. The highest BCUT2D eigenvalue weighted by molar-refractivity contribution is 5.70. The molecule has 0 saturated heterocycles. The van der Waals surface area contributed by atoms with E-state index in [0.717, 1.165) is 94.0 Å². The van der Waals surface area contributed by atoms with Crippen molar-refractivity contribution >= 4 is 23.3 Å². The summed E-state index contributed by atoms with van der Waals surface area (Å²) in [6, 6.07) is 16.7. The van der Waals surface area contributed by atoms with Gasteiger partial charge in [0.25, 0.3) is 0 Å². The van der Waals surface area contributed by atoms with Gasteiger partial charge in [-0.05, 0) is 45.4 Å². The number of hydrogen-bond donors (Lipinski definition) is 2. The van der Waals surface area contributed by atoms with Gasteiger partial charge < -0.3 is 39.1 Å². The monoisotopic (exact) mass is 1370 g/mol. The molecule has 2 N–H and O–H groups in total. The largest absolute Gasteiger partial charge is 0.489 e. The molecule has 1 aromatic heterocycles. The molecule has 1 heterocycles. The third kappa shape index (κ3) is 43.6. The van der Waals surface area contributed by atoms with Crippen LogP contribution in [0.25, 0.3) is 11.4 Å². The maximum absolute atomic E-state index is 6.85. The van der Waals surface area contributed by atoms with Crippen molar-refractivity contribution in [3.8, 4) is 45.9 Å². The first-order valence-corrected chi connectivity index (χ1v) is 42.4. The summed E-state index contributed by atoms with van der Waals surface area (Å²) < 4.78 is 41.1. The standard InChI is InChI=1S/C88H151N5O6/c1-8-14-20-26-32-38-44-50-56-66-94-80-72-78(73-81(95-67-57-51-45-39-33-27-21-15-9-2)84(80)98-70-60-54-48-42-36-30-24-18-12-5)89-87-91-86(77-64-62-76(7)63-65-77)92-88(93-87)90-79-74-82(96-68-58-52-46-40-34-28-22-16-10-3)85(99-71-61-55-49-43-37-31-25-19-13-6)83(75-79)97-69-59-53-47-41-35-29-23-17-11-4/h62-65,72-75H,8-61,66-71H2,1-7H3,(H2,89,90,91,92,93). The zero-order valence-corrected chi connectivity index (χ0v) is 65.3. The molecule has 0 aliphatic carbocycles. The molecular formula is C88H151N5O6. The Morgan fingerprint density at radius 2 is 0.444 bits per heavy atom. The van der Waals surface area contributed by atoms with Crippen molar-refractivity contribution in [2.24, 2.45) is 0 Å². The first kappa shape index (κ1) is 86.5. The Labute approximate surface area is 608 Å². The van der Waals surface area contributed by atoms with Crippen LogP contribution in [-0.4, -0.2) is 54.6 Å². The van der Waals surface area contributed by atoms with E-state index in [0.29, 0.717) is 91.9 Å². The summed E-state index contributed by atoms with van der Waals surface area (Å²) in [7, 11) is 0. The molecule has 11 nitrogen and oxygen atoms in total. The third-order valence-corrected chi connectivity index (χ3v) is 19.5. The van der Waals surface area contributed by atoms with Crippen molar-refractivity contribution in [1.82, 2.24) is 15.0 Å². The molecule has 11 heteroatoms. The van der Waals surface area contributed by atoms with Gasteiger partial charge in [0, 0.05) is 41.2 Å². The third-order valence-electron chi connectivity index (χ3n) is 19.5. The quantitative estimate of drug-likeness (QED) is 0.0412. The molecule has 0 radical (unpaired) electrons. The van der Waals surface area contributed by atoms with Crippen LogP contribution in [0.5, 0.6) is 34.5 Å². The first-order chi connectivity index (χ1) is 48.9. The molecule has 0 fully saturated rings. The Balaban J connectivity index is 1.73.